The highest BCUT2D eigenvalue weighted by Crippen LogP contribution is 2.35. The lowest BCUT2D eigenvalue weighted by atomic mass is 10.0. The maximum Gasteiger partial charge on any atom is 0.573 e. The molecule has 0 aromatic heterocycles. The first-order chi connectivity index (χ1) is 11.7. The number of hydrogen-bond acceptors (Lipinski definition) is 5. The first-order valence-corrected chi connectivity index (χ1v) is 7.03. The molecule has 0 heterocycles. The van der Waals surface area contributed by atoms with Crippen LogP contribution in [0.4, 0.5) is 18.9 Å². The van der Waals surface area contributed by atoms with Gasteiger partial charge in [0.1, 0.15) is 11.3 Å². The Morgan fingerprint density at radius 3 is 2.48 bits per heavy atom. The van der Waals surface area contributed by atoms with Crippen LogP contribution in [0.5, 0.6) is 5.75 Å². The van der Waals surface area contributed by atoms with Gasteiger partial charge in [0.2, 0.25) is 0 Å². The van der Waals surface area contributed by atoms with E-state index >= 15 is 0 Å². The van der Waals surface area contributed by atoms with Crippen molar-refractivity contribution < 1.29 is 32.4 Å². The van der Waals surface area contributed by atoms with Crippen molar-refractivity contribution in [2.75, 3.05) is 6.61 Å². The zero-order valence-corrected chi connectivity index (χ0v) is 12.9. The van der Waals surface area contributed by atoms with Crippen LogP contribution in [0.25, 0.3) is 11.1 Å². The standard InChI is InChI=1S/C16H12F3NO5/c1-2-24-15(21)12-9-10(7-8-13(12)20(22)23)11-5-3-4-6-14(11)25-16(17,18)19/h3-9H,2H2,1H3. The molecule has 2 aromatic carbocycles. The van der Waals surface area contributed by atoms with E-state index in [0.717, 1.165) is 18.2 Å². The van der Waals surface area contributed by atoms with Gasteiger partial charge >= 0.3 is 12.3 Å². The summed E-state index contributed by atoms with van der Waals surface area (Å²) in [7, 11) is 0. The van der Waals surface area contributed by atoms with Crippen molar-refractivity contribution in [3.8, 4) is 16.9 Å². The van der Waals surface area contributed by atoms with Crippen molar-refractivity contribution in [2.24, 2.45) is 0 Å². The highest BCUT2D eigenvalue weighted by Gasteiger charge is 2.32. The van der Waals surface area contributed by atoms with E-state index in [1.165, 1.54) is 31.2 Å². The van der Waals surface area contributed by atoms with Gasteiger partial charge in [-0.05, 0) is 30.7 Å². The van der Waals surface area contributed by atoms with Crippen LogP contribution in [-0.2, 0) is 4.74 Å². The van der Waals surface area contributed by atoms with Gasteiger partial charge in [0, 0.05) is 11.6 Å². The van der Waals surface area contributed by atoms with Gasteiger partial charge in [-0.2, -0.15) is 0 Å². The van der Waals surface area contributed by atoms with Crippen LogP contribution >= 0.6 is 0 Å². The number of para-hydroxylation sites is 1. The predicted molar refractivity (Wildman–Crippen MR) is 81.2 cm³/mol. The van der Waals surface area contributed by atoms with Crippen molar-refractivity contribution in [2.45, 2.75) is 13.3 Å². The molecule has 0 aliphatic heterocycles. The van der Waals surface area contributed by atoms with E-state index in [2.05, 4.69) is 4.74 Å². The minimum Gasteiger partial charge on any atom is -0.462 e. The van der Waals surface area contributed by atoms with Crippen LogP contribution < -0.4 is 4.74 Å². The molecule has 0 N–H and O–H groups in total. The predicted octanol–water partition coefficient (Wildman–Crippen LogP) is 4.34. The van der Waals surface area contributed by atoms with Gasteiger partial charge in [0.15, 0.2) is 0 Å². The Morgan fingerprint density at radius 1 is 1.20 bits per heavy atom. The normalized spacial score (nSPS) is 11.0. The molecule has 2 rings (SSSR count). The SMILES string of the molecule is CCOC(=O)c1cc(-c2ccccc2OC(F)(F)F)ccc1[N+](=O)[O-]. The Morgan fingerprint density at radius 2 is 1.88 bits per heavy atom. The topological polar surface area (TPSA) is 78.7 Å². The lowest BCUT2D eigenvalue weighted by molar-refractivity contribution is -0.385. The molecule has 132 valence electrons. The maximum absolute atomic E-state index is 12.5. The molecule has 0 amide bonds. The molecule has 0 fully saturated rings. The smallest absolute Gasteiger partial charge is 0.462 e. The number of nitrogens with zero attached hydrogens (tertiary/aromatic N) is 1. The largest absolute Gasteiger partial charge is 0.573 e. The van der Waals surface area contributed by atoms with E-state index in [1.807, 2.05) is 0 Å². The van der Waals surface area contributed by atoms with Crippen molar-refractivity contribution in [1.29, 1.82) is 0 Å². The second kappa shape index (κ2) is 7.20. The molecule has 0 atom stereocenters. The lowest BCUT2D eigenvalue weighted by Crippen LogP contribution is -2.17. The quantitative estimate of drug-likeness (QED) is 0.453. The number of ether oxygens (including phenoxy) is 2. The average Bonchev–Trinajstić information content (AvgIpc) is 2.53. The molecular formula is C16H12F3NO5. The molecule has 0 radical (unpaired) electrons. The molecule has 0 saturated heterocycles. The van der Waals surface area contributed by atoms with Crippen LogP contribution in [0.2, 0.25) is 0 Å². The third kappa shape index (κ3) is 4.46. The minimum absolute atomic E-state index is 0.00597. The number of nitro groups is 1. The highest BCUT2D eigenvalue weighted by atomic mass is 19.4. The van der Waals surface area contributed by atoms with Crippen molar-refractivity contribution in [3.63, 3.8) is 0 Å². The molecule has 0 bridgehead atoms. The fourth-order valence-corrected chi connectivity index (χ4v) is 2.15. The van der Waals surface area contributed by atoms with Crippen LogP contribution in [0.3, 0.4) is 0 Å². The number of benzene rings is 2. The number of hydrogen-bond donors (Lipinski definition) is 0. The number of esters is 1. The Bertz CT molecular complexity index is 805. The summed E-state index contributed by atoms with van der Waals surface area (Å²) in [6.07, 6.45) is -4.90. The Labute approximate surface area is 139 Å². The van der Waals surface area contributed by atoms with Crippen LogP contribution in [0.15, 0.2) is 42.5 Å². The summed E-state index contributed by atoms with van der Waals surface area (Å²) in [5.74, 6) is -1.43. The van der Waals surface area contributed by atoms with Crippen molar-refractivity contribution in [3.05, 3.63) is 58.1 Å². The number of rotatable bonds is 5. The highest BCUT2D eigenvalue weighted by molar-refractivity contribution is 5.95. The van der Waals surface area contributed by atoms with Gasteiger partial charge in [-0.15, -0.1) is 13.2 Å². The fourth-order valence-electron chi connectivity index (χ4n) is 2.15. The Hall–Kier alpha value is -3.10. The van der Waals surface area contributed by atoms with Crippen LogP contribution in [0, 0.1) is 10.1 Å². The zero-order valence-electron chi connectivity index (χ0n) is 12.9. The molecule has 0 aliphatic carbocycles. The monoisotopic (exact) mass is 355 g/mol. The van der Waals surface area contributed by atoms with E-state index in [1.54, 1.807) is 0 Å². The van der Waals surface area contributed by atoms with Gasteiger partial charge in [-0.3, -0.25) is 10.1 Å². The Kier molecular flexibility index (Phi) is 5.26. The molecule has 25 heavy (non-hydrogen) atoms. The second-order valence-electron chi connectivity index (χ2n) is 4.75. The molecule has 0 spiro atoms. The summed E-state index contributed by atoms with van der Waals surface area (Å²) in [4.78, 5) is 22.2. The molecule has 0 unspecified atom stereocenters. The molecule has 2 aromatic rings. The van der Waals surface area contributed by atoms with Crippen LogP contribution in [0.1, 0.15) is 17.3 Å². The first-order valence-electron chi connectivity index (χ1n) is 7.03. The van der Waals surface area contributed by atoms with E-state index in [0.29, 0.717) is 0 Å². The van der Waals surface area contributed by atoms with Gasteiger partial charge in [0.05, 0.1) is 11.5 Å². The van der Waals surface area contributed by atoms with E-state index < -0.39 is 28.7 Å². The third-order valence-electron chi connectivity index (χ3n) is 3.11. The Balaban J connectivity index is 2.56. The van der Waals surface area contributed by atoms with Gasteiger partial charge in [0.25, 0.3) is 5.69 Å². The van der Waals surface area contributed by atoms with Gasteiger partial charge in [-0.25, -0.2) is 4.79 Å². The number of nitro benzene ring substituents is 1. The fraction of sp³-hybridized carbons (Fsp3) is 0.188. The number of carbonyl (C=O) groups excluding carboxylic acids is 1. The molecule has 6 nitrogen and oxygen atoms in total. The molecule has 0 saturated carbocycles. The zero-order chi connectivity index (χ0) is 18.6. The average molecular weight is 355 g/mol. The minimum atomic E-state index is -4.90. The summed E-state index contributed by atoms with van der Waals surface area (Å²) in [5, 5.41) is 11.1. The van der Waals surface area contributed by atoms with E-state index in [-0.39, 0.29) is 23.3 Å². The number of halogens is 3. The summed E-state index contributed by atoms with van der Waals surface area (Å²) in [6.45, 7) is 1.52. The first kappa shape index (κ1) is 18.2. The summed E-state index contributed by atoms with van der Waals surface area (Å²) in [5.41, 5.74) is -0.684. The summed E-state index contributed by atoms with van der Waals surface area (Å²) in [6, 6.07) is 8.65. The lowest BCUT2D eigenvalue weighted by Gasteiger charge is -2.14. The molecule has 0 aliphatic rings. The summed E-state index contributed by atoms with van der Waals surface area (Å²) >= 11 is 0. The number of carbonyl (C=O) groups is 1. The third-order valence-corrected chi connectivity index (χ3v) is 3.11. The van der Waals surface area contributed by atoms with Crippen LogP contribution in [-0.4, -0.2) is 23.9 Å². The van der Waals surface area contributed by atoms with Gasteiger partial charge < -0.3 is 9.47 Å². The van der Waals surface area contributed by atoms with E-state index in [4.69, 9.17) is 4.74 Å². The maximum atomic E-state index is 12.5. The van der Waals surface area contributed by atoms with Gasteiger partial charge in [-0.1, -0.05) is 18.2 Å². The van der Waals surface area contributed by atoms with Crippen molar-refractivity contribution in [1.82, 2.24) is 0 Å². The summed E-state index contributed by atoms with van der Waals surface area (Å²) < 4.78 is 46.3. The number of alkyl halides is 3. The second-order valence-corrected chi connectivity index (χ2v) is 4.75. The van der Waals surface area contributed by atoms with E-state index in [9.17, 15) is 28.1 Å². The molecule has 9 heteroatoms. The molecular weight excluding hydrogens is 343 g/mol. The van der Waals surface area contributed by atoms with Crippen molar-refractivity contribution >= 4 is 11.7 Å².